The lowest BCUT2D eigenvalue weighted by atomic mass is 9.92. The minimum atomic E-state index is -0.579. The van der Waals surface area contributed by atoms with Crippen molar-refractivity contribution < 1.29 is 23.9 Å². The predicted molar refractivity (Wildman–Crippen MR) is 154 cm³/mol. The van der Waals surface area contributed by atoms with Gasteiger partial charge < -0.3 is 24.6 Å². The Hall–Kier alpha value is -3.20. The molecule has 3 aliphatic rings. The summed E-state index contributed by atoms with van der Waals surface area (Å²) >= 11 is 1.80. The smallest absolute Gasteiger partial charge is 0.410 e. The zero-order valence-electron chi connectivity index (χ0n) is 23.5. The summed E-state index contributed by atoms with van der Waals surface area (Å²) in [5.74, 6) is 1.66. The number of rotatable bonds is 7. The molecule has 2 heterocycles. The molecule has 5 rings (SSSR count). The Balaban J connectivity index is 1.23. The van der Waals surface area contributed by atoms with Crippen LogP contribution in [-0.2, 0) is 20.9 Å². The van der Waals surface area contributed by atoms with Gasteiger partial charge in [-0.3, -0.25) is 4.79 Å². The molecule has 0 bridgehead atoms. The third kappa shape index (κ3) is 6.74. The second-order valence-corrected chi connectivity index (χ2v) is 13.1. The highest BCUT2D eigenvalue weighted by molar-refractivity contribution is 7.99. The number of carbonyl (C=O) groups is 3. The van der Waals surface area contributed by atoms with Crippen LogP contribution in [0.3, 0.4) is 0 Å². The van der Waals surface area contributed by atoms with Gasteiger partial charge in [0, 0.05) is 36.3 Å². The first kappa shape index (κ1) is 28.3. The van der Waals surface area contributed by atoms with E-state index in [1.54, 1.807) is 11.8 Å². The summed E-state index contributed by atoms with van der Waals surface area (Å²) in [5, 5.41) is 2.79. The summed E-state index contributed by atoms with van der Waals surface area (Å²) < 4.78 is 11.0. The Morgan fingerprint density at radius 2 is 1.73 bits per heavy atom. The minimum Gasteiger partial charge on any atom is -0.445 e. The molecule has 1 aliphatic carbocycles. The summed E-state index contributed by atoms with van der Waals surface area (Å²) in [7, 11) is 0. The van der Waals surface area contributed by atoms with Crippen LogP contribution in [0.25, 0.3) is 0 Å². The molecule has 2 aliphatic heterocycles. The zero-order chi connectivity index (χ0) is 28.3. The SMILES string of the molecule is CC(C)(C)OC(=O)N1CC2CC(N3CCC(NC(=O)OCc4ccccc4)C3=O)C(CSc3ccccc3)C2C1. The standard InChI is InChI=1S/C31H39N3O5S/c1-31(2,3)39-30(37)33-17-22-16-27(25(24(22)18-33)20-40-23-12-8-5-9-13-23)34-15-14-26(28(34)35)32-29(36)38-19-21-10-6-4-7-11-21/h4-13,22,24-27H,14-20H2,1-3H3,(H,32,36). The maximum absolute atomic E-state index is 13.5. The second-order valence-electron chi connectivity index (χ2n) is 12.0. The molecule has 5 atom stereocenters. The number of alkyl carbamates (subject to hydrolysis) is 1. The monoisotopic (exact) mass is 565 g/mol. The number of hydrogen-bond acceptors (Lipinski definition) is 6. The molecule has 40 heavy (non-hydrogen) atoms. The van der Waals surface area contributed by atoms with Crippen molar-refractivity contribution in [3.63, 3.8) is 0 Å². The van der Waals surface area contributed by atoms with E-state index in [4.69, 9.17) is 9.47 Å². The fourth-order valence-electron chi connectivity index (χ4n) is 6.25. The number of thioether (sulfide) groups is 1. The minimum absolute atomic E-state index is 0.0413. The lowest BCUT2D eigenvalue weighted by Crippen LogP contribution is -2.47. The molecule has 0 spiro atoms. The van der Waals surface area contributed by atoms with Crippen LogP contribution >= 0.6 is 11.8 Å². The van der Waals surface area contributed by atoms with Gasteiger partial charge in [-0.05, 0) is 69.1 Å². The highest BCUT2D eigenvalue weighted by Crippen LogP contribution is 2.47. The van der Waals surface area contributed by atoms with Crippen LogP contribution in [0.15, 0.2) is 65.6 Å². The zero-order valence-corrected chi connectivity index (χ0v) is 24.3. The van der Waals surface area contributed by atoms with Gasteiger partial charge in [-0.1, -0.05) is 48.5 Å². The van der Waals surface area contributed by atoms with Crippen molar-refractivity contribution in [1.29, 1.82) is 0 Å². The number of nitrogens with zero attached hydrogens (tertiary/aromatic N) is 2. The number of ether oxygens (including phenoxy) is 2. The van der Waals surface area contributed by atoms with Crippen LogP contribution in [0.1, 0.15) is 39.2 Å². The summed E-state index contributed by atoms with van der Waals surface area (Å²) in [6.07, 6.45) is 0.578. The molecule has 3 amide bonds. The molecule has 8 nitrogen and oxygen atoms in total. The second kappa shape index (κ2) is 12.1. The van der Waals surface area contributed by atoms with E-state index in [1.165, 1.54) is 4.90 Å². The summed E-state index contributed by atoms with van der Waals surface area (Å²) in [6.45, 7) is 7.73. The Bertz CT molecular complexity index is 1190. The van der Waals surface area contributed by atoms with Crippen molar-refractivity contribution in [3.05, 3.63) is 66.2 Å². The third-order valence-electron chi connectivity index (χ3n) is 8.06. The molecular formula is C31H39N3O5S. The molecule has 9 heteroatoms. The summed E-state index contributed by atoms with van der Waals surface area (Å²) in [5.41, 5.74) is 0.361. The van der Waals surface area contributed by atoms with E-state index < -0.39 is 17.7 Å². The number of amides is 3. The van der Waals surface area contributed by atoms with Crippen LogP contribution < -0.4 is 5.32 Å². The molecule has 1 N–H and O–H groups in total. The number of nitrogens with one attached hydrogen (secondary N) is 1. The Morgan fingerprint density at radius 1 is 1.02 bits per heavy atom. The van der Waals surface area contributed by atoms with Crippen molar-refractivity contribution in [2.24, 2.45) is 17.8 Å². The molecule has 3 fully saturated rings. The van der Waals surface area contributed by atoms with Gasteiger partial charge in [-0.15, -0.1) is 11.8 Å². The molecule has 2 saturated heterocycles. The van der Waals surface area contributed by atoms with Gasteiger partial charge in [0.25, 0.3) is 0 Å². The van der Waals surface area contributed by atoms with E-state index in [-0.39, 0.29) is 30.6 Å². The average Bonchev–Trinajstić information content (AvgIpc) is 3.59. The van der Waals surface area contributed by atoms with Crippen LogP contribution in [0, 0.1) is 17.8 Å². The highest BCUT2D eigenvalue weighted by atomic mass is 32.2. The lowest BCUT2D eigenvalue weighted by molar-refractivity contribution is -0.132. The maximum atomic E-state index is 13.5. The van der Waals surface area contributed by atoms with Gasteiger partial charge in [0.2, 0.25) is 5.91 Å². The fourth-order valence-corrected chi connectivity index (χ4v) is 7.46. The number of benzene rings is 2. The van der Waals surface area contributed by atoms with E-state index in [0.717, 1.165) is 17.7 Å². The number of carbonyl (C=O) groups excluding carboxylic acids is 3. The molecular weight excluding hydrogens is 526 g/mol. The molecule has 1 saturated carbocycles. The van der Waals surface area contributed by atoms with Crippen LogP contribution in [0.4, 0.5) is 9.59 Å². The first-order chi connectivity index (χ1) is 19.2. The molecule has 0 radical (unpaired) electrons. The van der Waals surface area contributed by atoms with Crippen LogP contribution in [0.5, 0.6) is 0 Å². The van der Waals surface area contributed by atoms with Gasteiger partial charge in [0.05, 0.1) is 0 Å². The van der Waals surface area contributed by atoms with E-state index in [2.05, 4.69) is 17.4 Å². The molecule has 214 valence electrons. The highest BCUT2D eigenvalue weighted by Gasteiger charge is 2.53. The quantitative estimate of drug-likeness (QED) is 0.466. The number of fused-ring (bicyclic) bond motifs is 1. The number of likely N-dealkylation sites (tertiary alicyclic amines) is 2. The first-order valence-corrected chi connectivity index (χ1v) is 15.1. The van der Waals surface area contributed by atoms with Crippen molar-refractivity contribution in [1.82, 2.24) is 15.1 Å². The van der Waals surface area contributed by atoms with Crippen LogP contribution in [-0.4, -0.2) is 71.0 Å². The first-order valence-electron chi connectivity index (χ1n) is 14.1. The van der Waals surface area contributed by atoms with Crippen LogP contribution in [0.2, 0.25) is 0 Å². The molecule has 2 aromatic rings. The van der Waals surface area contributed by atoms with Gasteiger partial charge in [-0.2, -0.15) is 0 Å². The summed E-state index contributed by atoms with van der Waals surface area (Å²) in [4.78, 5) is 43.9. The van der Waals surface area contributed by atoms with Crippen molar-refractivity contribution in [3.8, 4) is 0 Å². The van der Waals surface area contributed by atoms with Gasteiger partial charge in [-0.25, -0.2) is 9.59 Å². The topological polar surface area (TPSA) is 88.2 Å². The fraction of sp³-hybridized carbons (Fsp3) is 0.516. The average molecular weight is 566 g/mol. The Kier molecular flexibility index (Phi) is 8.59. The normalized spacial score (nSPS) is 26.1. The molecule has 5 unspecified atom stereocenters. The van der Waals surface area contributed by atoms with Gasteiger partial charge in [0.1, 0.15) is 18.2 Å². The van der Waals surface area contributed by atoms with E-state index >= 15 is 0 Å². The largest absolute Gasteiger partial charge is 0.445 e. The van der Waals surface area contributed by atoms with Crippen molar-refractivity contribution in [2.45, 2.75) is 62.8 Å². The van der Waals surface area contributed by atoms with Crippen molar-refractivity contribution in [2.75, 3.05) is 25.4 Å². The van der Waals surface area contributed by atoms with Crippen molar-refractivity contribution >= 4 is 29.9 Å². The summed E-state index contributed by atoms with van der Waals surface area (Å²) in [6, 6.07) is 19.3. The Labute approximate surface area is 240 Å². The van der Waals surface area contributed by atoms with Gasteiger partial charge in [0.15, 0.2) is 0 Å². The molecule has 0 aromatic heterocycles. The van der Waals surface area contributed by atoms with Gasteiger partial charge >= 0.3 is 12.2 Å². The Morgan fingerprint density at radius 3 is 2.42 bits per heavy atom. The van der Waals surface area contributed by atoms with E-state index in [1.807, 2.05) is 79.1 Å². The number of hydrogen-bond donors (Lipinski definition) is 1. The lowest BCUT2D eigenvalue weighted by Gasteiger charge is -2.33. The predicted octanol–water partition coefficient (Wildman–Crippen LogP) is 5.18. The maximum Gasteiger partial charge on any atom is 0.410 e. The van der Waals surface area contributed by atoms with E-state index in [9.17, 15) is 14.4 Å². The molecule has 2 aromatic carbocycles. The third-order valence-corrected chi connectivity index (χ3v) is 9.22. The van der Waals surface area contributed by atoms with E-state index in [0.29, 0.717) is 37.9 Å².